The highest BCUT2D eigenvalue weighted by molar-refractivity contribution is 6.29. The summed E-state index contributed by atoms with van der Waals surface area (Å²) in [6.45, 7) is 3.49. The molecule has 7 heteroatoms. The minimum Gasteiger partial charge on any atom is -0.349 e. The molecule has 0 amide bonds. The van der Waals surface area contributed by atoms with Crippen molar-refractivity contribution in [3.63, 3.8) is 0 Å². The molecule has 2 heterocycles. The first kappa shape index (κ1) is 17.5. The zero-order chi connectivity index (χ0) is 17.5. The van der Waals surface area contributed by atoms with Crippen molar-refractivity contribution in [2.24, 2.45) is 0 Å². The predicted molar refractivity (Wildman–Crippen MR) is 87.4 cm³/mol. The summed E-state index contributed by atoms with van der Waals surface area (Å²) in [5.74, 6) is -2.26. The third kappa shape index (κ3) is 2.78. The van der Waals surface area contributed by atoms with Crippen molar-refractivity contribution in [3.8, 4) is 0 Å². The van der Waals surface area contributed by atoms with Crippen LogP contribution in [0.2, 0.25) is 5.15 Å². The molecule has 0 bridgehead atoms. The van der Waals surface area contributed by atoms with Gasteiger partial charge >= 0.3 is 0 Å². The van der Waals surface area contributed by atoms with Gasteiger partial charge in [-0.1, -0.05) is 11.6 Å². The number of pyridine rings is 1. The van der Waals surface area contributed by atoms with Crippen LogP contribution in [0.5, 0.6) is 0 Å². The molecule has 0 N–H and O–H groups in total. The lowest BCUT2D eigenvalue weighted by atomic mass is 9.88. The summed E-state index contributed by atoms with van der Waals surface area (Å²) in [6, 6.07) is 3.41. The molecule has 0 spiro atoms. The molecule has 1 aromatic rings. The van der Waals surface area contributed by atoms with E-state index in [0.717, 1.165) is 0 Å². The molecule has 1 saturated heterocycles. The van der Waals surface area contributed by atoms with Crippen LogP contribution in [-0.4, -0.2) is 48.8 Å². The molecule has 130 valence electrons. The molecule has 3 rings (SSSR count). The van der Waals surface area contributed by atoms with Gasteiger partial charge < -0.3 is 18.9 Å². The Balaban J connectivity index is 1.95. The Morgan fingerprint density at radius 3 is 2.46 bits per heavy atom. The molecule has 1 fully saturated rings. The molecule has 24 heavy (non-hydrogen) atoms. The van der Waals surface area contributed by atoms with Crippen LogP contribution in [0.25, 0.3) is 5.57 Å². The number of halogens is 1. The third-order valence-electron chi connectivity index (χ3n) is 4.76. The van der Waals surface area contributed by atoms with Crippen molar-refractivity contribution >= 4 is 23.0 Å². The summed E-state index contributed by atoms with van der Waals surface area (Å²) >= 11 is 5.81. The molecule has 4 atom stereocenters. The number of ketones is 1. The maximum Gasteiger partial charge on any atom is 0.220 e. The summed E-state index contributed by atoms with van der Waals surface area (Å²) in [6.07, 6.45) is 2.66. The average Bonchev–Trinajstić information content (AvgIpc) is 2.57. The van der Waals surface area contributed by atoms with Gasteiger partial charge in [0.15, 0.2) is 5.78 Å². The largest absolute Gasteiger partial charge is 0.349 e. The summed E-state index contributed by atoms with van der Waals surface area (Å²) in [5.41, 5.74) is 1.24. The first-order valence-corrected chi connectivity index (χ1v) is 8.02. The summed E-state index contributed by atoms with van der Waals surface area (Å²) in [7, 11) is 3.05. The zero-order valence-corrected chi connectivity index (χ0v) is 14.8. The van der Waals surface area contributed by atoms with E-state index in [1.54, 1.807) is 38.3 Å². The predicted octanol–water partition coefficient (Wildman–Crippen LogP) is 2.60. The SMILES string of the molecule is CO[C@@]1(C)O[C@@H]2C=C(c3ccc(Cl)nc3)C(=O)C[C@H]2O[C@]1(C)OC. The number of aromatic nitrogens is 1. The van der Waals surface area contributed by atoms with Crippen LogP contribution < -0.4 is 0 Å². The Bertz CT molecular complexity index is 676. The van der Waals surface area contributed by atoms with Crippen LogP contribution in [0, 0.1) is 0 Å². The first-order chi connectivity index (χ1) is 11.3. The normalized spacial score (nSPS) is 36.2. The van der Waals surface area contributed by atoms with Crippen LogP contribution in [-0.2, 0) is 23.7 Å². The number of Topliss-reactive ketones (excluding diaryl/α,β-unsaturated/α-hetero) is 1. The van der Waals surface area contributed by atoms with Gasteiger partial charge in [0.2, 0.25) is 11.6 Å². The Morgan fingerprint density at radius 1 is 1.21 bits per heavy atom. The first-order valence-electron chi connectivity index (χ1n) is 7.65. The number of carbonyl (C=O) groups excluding carboxylic acids is 1. The summed E-state index contributed by atoms with van der Waals surface area (Å²) in [5, 5.41) is 0.376. The highest BCUT2D eigenvalue weighted by atomic mass is 35.5. The lowest BCUT2D eigenvalue weighted by Crippen LogP contribution is -2.65. The van der Waals surface area contributed by atoms with E-state index in [1.165, 1.54) is 14.2 Å². The van der Waals surface area contributed by atoms with Crippen molar-refractivity contribution in [2.75, 3.05) is 14.2 Å². The maximum absolute atomic E-state index is 12.5. The minimum atomic E-state index is -1.11. The number of methoxy groups -OCH3 is 2. The number of hydrogen-bond donors (Lipinski definition) is 0. The fourth-order valence-electron chi connectivity index (χ4n) is 3.01. The Labute approximate surface area is 145 Å². The Morgan fingerprint density at radius 2 is 1.88 bits per heavy atom. The lowest BCUT2D eigenvalue weighted by molar-refractivity contribution is -0.442. The van der Waals surface area contributed by atoms with Gasteiger partial charge in [-0.3, -0.25) is 4.79 Å². The van der Waals surface area contributed by atoms with E-state index in [9.17, 15) is 4.79 Å². The maximum atomic E-state index is 12.5. The van der Waals surface area contributed by atoms with E-state index >= 15 is 0 Å². The van der Waals surface area contributed by atoms with Crippen LogP contribution >= 0.6 is 11.6 Å². The second kappa shape index (κ2) is 6.20. The number of allylic oxidation sites excluding steroid dienone is 1. The second-order valence-electron chi connectivity index (χ2n) is 6.12. The molecule has 0 saturated carbocycles. The van der Waals surface area contributed by atoms with Crippen molar-refractivity contribution in [2.45, 2.75) is 44.1 Å². The van der Waals surface area contributed by atoms with E-state index in [-0.39, 0.29) is 12.2 Å². The number of carbonyl (C=O) groups is 1. The van der Waals surface area contributed by atoms with Gasteiger partial charge in [-0.05, 0) is 32.1 Å². The lowest BCUT2D eigenvalue weighted by Gasteiger charge is -2.52. The van der Waals surface area contributed by atoms with Crippen molar-refractivity contribution in [3.05, 3.63) is 35.1 Å². The summed E-state index contributed by atoms with van der Waals surface area (Å²) in [4.78, 5) is 16.6. The molecular weight excluding hydrogens is 334 g/mol. The van der Waals surface area contributed by atoms with E-state index < -0.39 is 23.8 Å². The molecule has 1 aliphatic carbocycles. The number of nitrogens with zero attached hydrogens (tertiary/aromatic N) is 1. The number of hydrogen-bond acceptors (Lipinski definition) is 6. The molecule has 1 aromatic heterocycles. The molecule has 0 radical (unpaired) electrons. The van der Waals surface area contributed by atoms with Crippen LogP contribution in [0.15, 0.2) is 24.4 Å². The molecule has 0 aromatic carbocycles. The highest BCUT2D eigenvalue weighted by Crippen LogP contribution is 2.42. The highest BCUT2D eigenvalue weighted by Gasteiger charge is 2.57. The van der Waals surface area contributed by atoms with Gasteiger partial charge in [-0.25, -0.2) is 4.98 Å². The average molecular weight is 354 g/mol. The third-order valence-corrected chi connectivity index (χ3v) is 4.99. The zero-order valence-electron chi connectivity index (χ0n) is 14.0. The van der Waals surface area contributed by atoms with Gasteiger partial charge in [-0.15, -0.1) is 0 Å². The fourth-order valence-corrected chi connectivity index (χ4v) is 3.13. The van der Waals surface area contributed by atoms with Crippen molar-refractivity contribution < 1.29 is 23.7 Å². The number of rotatable bonds is 3. The van der Waals surface area contributed by atoms with Gasteiger partial charge in [0, 0.05) is 38.0 Å². The number of ether oxygens (including phenoxy) is 4. The smallest absolute Gasteiger partial charge is 0.220 e. The minimum absolute atomic E-state index is 0.0385. The van der Waals surface area contributed by atoms with E-state index in [0.29, 0.717) is 16.3 Å². The molecule has 6 nitrogen and oxygen atoms in total. The standard InChI is InChI=1S/C17H20ClNO5/c1-16(21-3)17(2,22-4)24-14-8-12(20)11(7-13(14)23-16)10-5-6-15(18)19-9-10/h5-7,9,13-14H,8H2,1-4H3/t13-,14-,16+,17+/m1/s1. The topological polar surface area (TPSA) is 66.9 Å². The molecular formula is C17H20ClNO5. The Hall–Kier alpha value is -1.31. The van der Waals surface area contributed by atoms with Crippen LogP contribution in [0.1, 0.15) is 25.8 Å². The van der Waals surface area contributed by atoms with Crippen molar-refractivity contribution in [1.82, 2.24) is 4.98 Å². The molecule has 0 unspecified atom stereocenters. The monoisotopic (exact) mass is 353 g/mol. The van der Waals surface area contributed by atoms with Crippen molar-refractivity contribution in [1.29, 1.82) is 0 Å². The summed E-state index contributed by atoms with van der Waals surface area (Å²) < 4.78 is 23.1. The van der Waals surface area contributed by atoms with Gasteiger partial charge in [0.05, 0.1) is 6.10 Å². The van der Waals surface area contributed by atoms with Crippen LogP contribution in [0.4, 0.5) is 0 Å². The Kier molecular flexibility index (Phi) is 4.53. The van der Waals surface area contributed by atoms with E-state index in [1.807, 2.05) is 0 Å². The number of fused-ring (bicyclic) bond motifs is 1. The van der Waals surface area contributed by atoms with E-state index in [2.05, 4.69) is 4.98 Å². The molecule has 2 aliphatic rings. The van der Waals surface area contributed by atoms with Gasteiger partial charge in [0.1, 0.15) is 11.3 Å². The molecule has 1 aliphatic heterocycles. The van der Waals surface area contributed by atoms with E-state index in [4.69, 9.17) is 30.5 Å². The quantitative estimate of drug-likeness (QED) is 0.778. The van der Waals surface area contributed by atoms with Gasteiger partial charge in [0.25, 0.3) is 0 Å². The second-order valence-corrected chi connectivity index (χ2v) is 6.50. The fraction of sp³-hybridized carbons (Fsp3) is 0.529. The van der Waals surface area contributed by atoms with Crippen LogP contribution in [0.3, 0.4) is 0 Å². The van der Waals surface area contributed by atoms with Gasteiger partial charge in [-0.2, -0.15) is 0 Å².